The van der Waals surface area contributed by atoms with Crippen molar-refractivity contribution in [2.45, 2.75) is 51.0 Å². The lowest BCUT2D eigenvalue weighted by Gasteiger charge is -2.34. The van der Waals surface area contributed by atoms with Crippen LogP contribution in [0.5, 0.6) is 0 Å². The van der Waals surface area contributed by atoms with Crippen molar-refractivity contribution in [3.63, 3.8) is 0 Å². The van der Waals surface area contributed by atoms with Crippen LogP contribution in [0.25, 0.3) is 0 Å². The number of ether oxygens (including phenoxy) is 1. The Morgan fingerprint density at radius 1 is 1.19 bits per heavy atom. The van der Waals surface area contributed by atoms with Gasteiger partial charge in [0.1, 0.15) is 0 Å². The van der Waals surface area contributed by atoms with Gasteiger partial charge in [0.05, 0.1) is 4.90 Å². The first kappa shape index (κ1) is 16.3. The highest BCUT2D eigenvalue weighted by molar-refractivity contribution is 7.89. The Bertz CT molecular complexity index is 647. The number of hydrogen-bond acceptors (Lipinski definition) is 4. The maximum absolute atomic E-state index is 12.8. The van der Waals surface area contributed by atoms with E-state index in [1.165, 1.54) is 0 Å². The highest BCUT2D eigenvalue weighted by Gasteiger charge is 2.34. The predicted octanol–water partition coefficient (Wildman–Crippen LogP) is 2.04. The van der Waals surface area contributed by atoms with Crippen LogP contribution in [0.4, 0.5) is 5.69 Å². The van der Waals surface area contributed by atoms with E-state index in [0.717, 1.165) is 11.1 Å². The molecule has 21 heavy (non-hydrogen) atoms. The molecule has 3 N–H and O–H groups in total. The van der Waals surface area contributed by atoms with E-state index in [1.807, 2.05) is 19.9 Å². The molecule has 0 unspecified atom stereocenters. The third-order valence-electron chi connectivity index (χ3n) is 4.21. The van der Waals surface area contributed by atoms with Crippen molar-refractivity contribution < 1.29 is 13.2 Å². The van der Waals surface area contributed by atoms with Crippen LogP contribution in [0.3, 0.4) is 0 Å². The minimum atomic E-state index is -3.60. The van der Waals surface area contributed by atoms with Crippen LogP contribution in [0, 0.1) is 20.8 Å². The van der Waals surface area contributed by atoms with Gasteiger partial charge < -0.3 is 10.5 Å². The van der Waals surface area contributed by atoms with Crippen LogP contribution in [-0.2, 0) is 14.8 Å². The average Bonchev–Trinajstić information content (AvgIpc) is 2.35. The van der Waals surface area contributed by atoms with Crippen molar-refractivity contribution in [3.05, 3.63) is 22.8 Å². The van der Waals surface area contributed by atoms with E-state index in [2.05, 4.69) is 4.72 Å². The molecular formula is C15H24N2O3S. The van der Waals surface area contributed by atoms with Crippen molar-refractivity contribution in [2.75, 3.05) is 18.9 Å². The van der Waals surface area contributed by atoms with Gasteiger partial charge in [0.2, 0.25) is 10.0 Å². The van der Waals surface area contributed by atoms with Crippen molar-refractivity contribution in [1.82, 2.24) is 4.72 Å². The molecule has 1 aromatic rings. The lowest BCUT2D eigenvalue weighted by molar-refractivity contribution is 0.0537. The Hall–Kier alpha value is -1.11. The second kappa shape index (κ2) is 5.59. The number of nitrogens with one attached hydrogen (secondary N) is 1. The predicted molar refractivity (Wildman–Crippen MR) is 83.8 cm³/mol. The summed E-state index contributed by atoms with van der Waals surface area (Å²) in [6.45, 7) is 8.53. The molecule has 0 bridgehead atoms. The third kappa shape index (κ3) is 3.22. The summed E-state index contributed by atoms with van der Waals surface area (Å²) < 4.78 is 33.8. The van der Waals surface area contributed by atoms with E-state index in [4.69, 9.17) is 10.5 Å². The Morgan fingerprint density at radius 3 is 2.33 bits per heavy atom. The van der Waals surface area contributed by atoms with E-state index in [0.29, 0.717) is 42.2 Å². The smallest absolute Gasteiger partial charge is 0.241 e. The number of nitrogen functional groups attached to an aromatic ring is 1. The van der Waals surface area contributed by atoms with Gasteiger partial charge in [-0.15, -0.1) is 0 Å². The molecule has 1 aliphatic rings. The molecule has 0 saturated carbocycles. The van der Waals surface area contributed by atoms with E-state index in [1.54, 1.807) is 13.8 Å². The monoisotopic (exact) mass is 312 g/mol. The molecular weight excluding hydrogens is 288 g/mol. The van der Waals surface area contributed by atoms with Gasteiger partial charge in [-0.2, -0.15) is 0 Å². The minimum Gasteiger partial charge on any atom is -0.398 e. The molecule has 0 radical (unpaired) electrons. The molecule has 1 fully saturated rings. The van der Waals surface area contributed by atoms with Crippen molar-refractivity contribution >= 4 is 15.7 Å². The maximum atomic E-state index is 12.8. The van der Waals surface area contributed by atoms with Gasteiger partial charge in [-0.05, 0) is 57.2 Å². The summed E-state index contributed by atoms with van der Waals surface area (Å²) in [5.41, 5.74) is 8.33. The summed E-state index contributed by atoms with van der Waals surface area (Å²) >= 11 is 0. The number of rotatable bonds is 3. The summed E-state index contributed by atoms with van der Waals surface area (Å²) in [6.07, 6.45) is 1.34. The normalized spacial score (nSPS) is 18.7. The number of sulfonamides is 1. The molecule has 2 rings (SSSR count). The second-order valence-corrected chi connectivity index (χ2v) is 7.78. The molecule has 1 heterocycles. The topological polar surface area (TPSA) is 81.4 Å². The van der Waals surface area contributed by atoms with E-state index < -0.39 is 15.6 Å². The van der Waals surface area contributed by atoms with Gasteiger partial charge in [-0.3, -0.25) is 0 Å². The van der Waals surface area contributed by atoms with Crippen molar-refractivity contribution in [2.24, 2.45) is 0 Å². The fourth-order valence-electron chi connectivity index (χ4n) is 2.89. The van der Waals surface area contributed by atoms with Crippen LogP contribution >= 0.6 is 0 Å². The van der Waals surface area contributed by atoms with Crippen LogP contribution in [-0.4, -0.2) is 27.2 Å². The van der Waals surface area contributed by atoms with Gasteiger partial charge in [0.15, 0.2) is 0 Å². The molecule has 0 aromatic heterocycles. The Balaban J connectivity index is 2.43. The van der Waals surface area contributed by atoms with Gasteiger partial charge in [-0.1, -0.05) is 6.07 Å². The second-order valence-electron chi connectivity index (χ2n) is 6.16. The van der Waals surface area contributed by atoms with Crippen LogP contribution < -0.4 is 10.5 Å². The molecule has 118 valence electrons. The van der Waals surface area contributed by atoms with Crippen LogP contribution in [0.1, 0.15) is 36.5 Å². The summed E-state index contributed by atoms with van der Waals surface area (Å²) in [7, 11) is -3.60. The SMILES string of the molecule is Cc1cc(C)c(S(=O)(=O)NC2(C)CCOCC2)c(C)c1N. The summed E-state index contributed by atoms with van der Waals surface area (Å²) in [4.78, 5) is 0.304. The Morgan fingerprint density at radius 2 is 1.76 bits per heavy atom. The van der Waals surface area contributed by atoms with Gasteiger partial charge in [0.25, 0.3) is 0 Å². The van der Waals surface area contributed by atoms with Crippen molar-refractivity contribution in [3.8, 4) is 0 Å². The third-order valence-corrected chi connectivity index (χ3v) is 6.13. The van der Waals surface area contributed by atoms with Crippen molar-refractivity contribution in [1.29, 1.82) is 0 Å². The molecule has 6 heteroatoms. The Labute approximate surface area is 126 Å². The number of nitrogens with two attached hydrogens (primary N) is 1. The summed E-state index contributed by atoms with van der Waals surface area (Å²) in [6, 6.07) is 1.82. The van der Waals surface area contributed by atoms with Gasteiger partial charge in [-0.25, -0.2) is 13.1 Å². The first-order valence-electron chi connectivity index (χ1n) is 7.14. The van der Waals surface area contributed by atoms with Gasteiger partial charge >= 0.3 is 0 Å². The first-order valence-corrected chi connectivity index (χ1v) is 8.63. The van der Waals surface area contributed by atoms with E-state index >= 15 is 0 Å². The standard InChI is InChI=1S/C15H24N2O3S/c1-10-9-11(2)14(12(3)13(10)16)21(18,19)17-15(4)5-7-20-8-6-15/h9,17H,5-8,16H2,1-4H3. The molecule has 1 aliphatic heterocycles. The molecule has 0 aliphatic carbocycles. The zero-order valence-corrected chi connectivity index (χ0v) is 13.9. The minimum absolute atomic E-state index is 0.304. The maximum Gasteiger partial charge on any atom is 0.241 e. The first-order chi connectivity index (χ1) is 9.66. The molecule has 0 amide bonds. The zero-order chi connectivity index (χ0) is 15.8. The zero-order valence-electron chi connectivity index (χ0n) is 13.1. The molecule has 0 atom stereocenters. The quantitative estimate of drug-likeness (QED) is 0.837. The molecule has 5 nitrogen and oxygen atoms in total. The Kier molecular flexibility index (Phi) is 4.33. The number of benzene rings is 1. The fraction of sp³-hybridized carbons (Fsp3) is 0.600. The van der Waals surface area contributed by atoms with Crippen LogP contribution in [0.15, 0.2) is 11.0 Å². The lowest BCUT2D eigenvalue weighted by atomic mass is 9.94. The molecule has 1 saturated heterocycles. The number of hydrogen-bond donors (Lipinski definition) is 2. The van der Waals surface area contributed by atoms with Gasteiger partial charge in [0, 0.05) is 24.4 Å². The van der Waals surface area contributed by atoms with E-state index in [9.17, 15) is 8.42 Å². The lowest BCUT2D eigenvalue weighted by Crippen LogP contribution is -2.49. The highest BCUT2D eigenvalue weighted by atomic mass is 32.2. The summed E-state index contributed by atoms with van der Waals surface area (Å²) in [5, 5.41) is 0. The largest absolute Gasteiger partial charge is 0.398 e. The van der Waals surface area contributed by atoms with E-state index in [-0.39, 0.29) is 0 Å². The summed E-state index contributed by atoms with van der Waals surface area (Å²) in [5.74, 6) is 0. The number of anilines is 1. The molecule has 0 spiro atoms. The fourth-order valence-corrected chi connectivity index (χ4v) is 4.85. The van der Waals surface area contributed by atoms with Crippen LogP contribution in [0.2, 0.25) is 0 Å². The average molecular weight is 312 g/mol. The number of aryl methyl sites for hydroxylation is 2. The molecule has 1 aromatic carbocycles. The highest BCUT2D eigenvalue weighted by Crippen LogP contribution is 2.30.